The number of anilines is 2. The Kier molecular flexibility index (Phi) is 3.19. The molecule has 4 N–H and O–H groups in total. The number of nitrogens with two attached hydrogens (primary N) is 2. The van der Waals surface area contributed by atoms with Gasteiger partial charge >= 0.3 is 0 Å². The Balaban J connectivity index is 1.98. The van der Waals surface area contributed by atoms with E-state index in [2.05, 4.69) is 26.9 Å². The summed E-state index contributed by atoms with van der Waals surface area (Å²) < 4.78 is 0. The number of hydrogen-bond acceptors (Lipinski definition) is 6. The van der Waals surface area contributed by atoms with Gasteiger partial charge in [0.15, 0.2) is 0 Å². The fourth-order valence-electron chi connectivity index (χ4n) is 2.07. The first kappa shape index (κ1) is 11.1. The molecule has 1 saturated heterocycles. The van der Waals surface area contributed by atoms with Gasteiger partial charge in [0.25, 0.3) is 0 Å². The van der Waals surface area contributed by atoms with E-state index in [1.54, 1.807) is 0 Å². The molecule has 2 rings (SSSR count). The summed E-state index contributed by atoms with van der Waals surface area (Å²) in [7, 11) is 2.15. The molecular weight excluding hydrogens is 204 g/mol. The predicted molar refractivity (Wildman–Crippen MR) is 62.6 cm³/mol. The van der Waals surface area contributed by atoms with E-state index in [-0.39, 0.29) is 11.9 Å². The van der Waals surface area contributed by atoms with Crippen molar-refractivity contribution >= 4 is 11.9 Å². The molecule has 0 saturated carbocycles. The number of nitrogen functional groups attached to an aromatic ring is 2. The number of hydrogen-bond donors (Lipinski definition) is 2. The fraction of sp³-hybridized carbons (Fsp3) is 0.700. The zero-order valence-electron chi connectivity index (χ0n) is 9.56. The van der Waals surface area contributed by atoms with Crippen molar-refractivity contribution in [1.29, 1.82) is 0 Å². The molecule has 6 nitrogen and oxygen atoms in total. The minimum Gasteiger partial charge on any atom is -0.368 e. The number of rotatable bonds is 2. The van der Waals surface area contributed by atoms with Gasteiger partial charge in [-0.25, -0.2) is 0 Å². The molecule has 2 heterocycles. The molecule has 0 aromatic carbocycles. The van der Waals surface area contributed by atoms with Crippen LogP contribution in [0, 0.1) is 5.92 Å². The van der Waals surface area contributed by atoms with Gasteiger partial charge in [-0.1, -0.05) is 0 Å². The van der Waals surface area contributed by atoms with Gasteiger partial charge in [-0.15, -0.1) is 0 Å². The highest BCUT2D eigenvalue weighted by molar-refractivity contribution is 5.25. The average molecular weight is 222 g/mol. The van der Waals surface area contributed by atoms with Crippen LogP contribution in [0.25, 0.3) is 0 Å². The highest BCUT2D eigenvalue weighted by Crippen LogP contribution is 2.19. The zero-order valence-corrected chi connectivity index (χ0v) is 9.56. The Morgan fingerprint density at radius 2 is 1.69 bits per heavy atom. The summed E-state index contributed by atoms with van der Waals surface area (Å²) in [5, 5.41) is 0. The van der Waals surface area contributed by atoms with Crippen LogP contribution < -0.4 is 11.5 Å². The molecule has 1 aromatic heterocycles. The van der Waals surface area contributed by atoms with Crippen LogP contribution >= 0.6 is 0 Å². The van der Waals surface area contributed by atoms with E-state index >= 15 is 0 Å². The topological polar surface area (TPSA) is 94.0 Å². The van der Waals surface area contributed by atoms with Gasteiger partial charge in [-0.05, 0) is 38.9 Å². The maximum absolute atomic E-state index is 5.54. The van der Waals surface area contributed by atoms with Crippen molar-refractivity contribution < 1.29 is 0 Å². The predicted octanol–water partition coefficient (Wildman–Crippen LogP) is -0.0797. The number of piperidine rings is 1. The molecule has 1 aromatic rings. The summed E-state index contributed by atoms with van der Waals surface area (Å²) in [6.45, 7) is 2.28. The lowest BCUT2D eigenvalue weighted by molar-refractivity contribution is 0.217. The summed E-state index contributed by atoms with van der Waals surface area (Å²) in [5.74, 6) is 1.79. The van der Waals surface area contributed by atoms with Crippen LogP contribution in [0.1, 0.15) is 18.7 Å². The van der Waals surface area contributed by atoms with Crippen LogP contribution in [0.2, 0.25) is 0 Å². The molecule has 1 fully saturated rings. The first-order valence-corrected chi connectivity index (χ1v) is 5.58. The second-order valence-corrected chi connectivity index (χ2v) is 4.42. The standard InChI is InChI=1S/C10H18N6/c1-16-4-2-7(3-5-16)6-8-13-9(11)15-10(12)14-8/h7H,2-6H2,1H3,(H4,11,12,13,14,15). The monoisotopic (exact) mass is 222 g/mol. The van der Waals surface area contributed by atoms with Gasteiger partial charge in [0.05, 0.1) is 0 Å². The molecule has 0 atom stereocenters. The van der Waals surface area contributed by atoms with Crippen molar-refractivity contribution in [3.05, 3.63) is 5.82 Å². The Morgan fingerprint density at radius 1 is 1.12 bits per heavy atom. The Labute approximate surface area is 95.1 Å². The van der Waals surface area contributed by atoms with E-state index in [0.717, 1.165) is 25.3 Å². The molecule has 6 heteroatoms. The Bertz CT molecular complexity index is 338. The highest BCUT2D eigenvalue weighted by Gasteiger charge is 2.18. The van der Waals surface area contributed by atoms with Crippen LogP contribution in [0.5, 0.6) is 0 Å². The van der Waals surface area contributed by atoms with E-state index in [1.165, 1.54) is 12.8 Å². The molecular formula is C10H18N6. The minimum atomic E-state index is 0.218. The molecule has 0 bridgehead atoms. The summed E-state index contributed by atoms with van der Waals surface area (Å²) >= 11 is 0. The quantitative estimate of drug-likeness (QED) is 0.727. The smallest absolute Gasteiger partial charge is 0.225 e. The maximum Gasteiger partial charge on any atom is 0.225 e. The molecule has 1 aliphatic rings. The van der Waals surface area contributed by atoms with Crippen LogP contribution in [-0.4, -0.2) is 40.0 Å². The minimum absolute atomic E-state index is 0.218. The summed E-state index contributed by atoms with van der Waals surface area (Å²) in [4.78, 5) is 14.3. The Hall–Kier alpha value is -1.43. The molecule has 16 heavy (non-hydrogen) atoms. The van der Waals surface area contributed by atoms with E-state index in [0.29, 0.717) is 5.92 Å². The van der Waals surface area contributed by atoms with E-state index < -0.39 is 0 Å². The van der Waals surface area contributed by atoms with Crippen molar-refractivity contribution in [2.75, 3.05) is 31.6 Å². The van der Waals surface area contributed by atoms with Gasteiger partial charge < -0.3 is 16.4 Å². The van der Waals surface area contributed by atoms with Crippen molar-refractivity contribution in [2.24, 2.45) is 5.92 Å². The zero-order chi connectivity index (χ0) is 11.5. The number of nitrogens with zero attached hydrogens (tertiary/aromatic N) is 4. The lowest BCUT2D eigenvalue weighted by Crippen LogP contribution is -2.31. The van der Waals surface area contributed by atoms with Crippen LogP contribution in [0.15, 0.2) is 0 Å². The third kappa shape index (κ3) is 2.79. The SMILES string of the molecule is CN1CCC(Cc2nc(N)nc(N)n2)CC1. The summed E-state index contributed by atoms with van der Waals surface area (Å²) in [6, 6.07) is 0. The third-order valence-corrected chi connectivity index (χ3v) is 3.03. The van der Waals surface area contributed by atoms with E-state index in [1.807, 2.05) is 0 Å². The third-order valence-electron chi connectivity index (χ3n) is 3.03. The van der Waals surface area contributed by atoms with Gasteiger partial charge in [0, 0.05) is 6.42 Å². The highest BCUT2D eigenvalue weighted by atomic mass is 15.1. The van der Waals surface area contributed by atoms with Gasteiger partial charge in [-0.2, -0.15) is 15.0 Å². The number of likely N-dealkylation sites (tertiary alicyclic amines) is 1. The van der Waals surface area contributed by atoms with Crippen molar-refractivity contribution in [2.45, 2.75) is 19.3 Å². The molecule has 0 spiro atoms. The lowest BCUT2D eigenvalue weighted by atomic mass is 9.93. The summed E-state index contributed by atoms with van der Waals surface area (Å²) in [6.07, 6.45) is 3.22. The van der Waals surface area contributed by atoms with E-state index in [4.69, 9.17) is 11.5 Å². The first-order chi connectivity index (χ1) is 7.63. The molecule has 0 radical (unpaired) electrons. The van der Waals surface area contributed by atoms with Crippen LogP contribution in [0.3, 0.4) is 0 Å². The van der Waals surface area contributed by atoms with Crippen LogP contribution in [0.4, 0.5) is 11.9 Å². The van der Waals surface area contributed by atoms with Gasteiger partial charge in [-0.3, -0.25) is 0 Å². The van der Waals surface area contributed by atoms with Crippen LogP contribution in [-0.2, 0) is 6.42 Å². The summed E-state index contributed by atoms with van der Waals surface area (Å²) in [5.41, 5.74) is 11.1. The van der Waals surface area contributed by atoms with Crippen molar-refractivity contribution in [3.8, 4) is 0 Å². The maximum atomic E-state index is 5.54. The Morgan fingerprint density at radius 3 is 2.25 bits per heavy atom. The lowest BCUT2D eigenvalue weighted by Gasteiger charge is -2.28. The van der Waals surface area contributed by atoms with Crippen molar-refractivity contribution in [1.82, 2.24) is 19.9 Å². The second kappa shape index (κ2) is 4.61. The molecule has 0 amide bonds. The average Bonchev–Trinajstić information content (AvgIpc) is 2.20. The molecule has 1 aliphatic heterocycles. The molecule has 0 aliphatic carbocycles. The molecule has 88 valence electrons. The molecule has 0 unspecified atom stereocenters. The number of aromatic nitrogens is 3. The first-order valence-electron chi connectivity index (χ1n) is 5.58. The van der Waals surface area contributed by atoms with Gasteiger partial charge in [0.2, 0.25) is 11.9 Å². The van der Waals surface area contributed by atoms with Gasteiger partial charge in [0.1, 0.15) is 5.82 Å². The largest absolute Gasteiger partial charge is 0.368 e. The normalized spacial score (nSPS) is 18.8. The van der Waals surface area contributed by atoms with E-state index in [9.17, 15) is 0 Å². The fourth-order valence-corrected chi connectivity index (χ4v) is 2.07. The second-order valence-electron chi connectivity index (χ2n) is 4.42. The van der Waals surface area contributed by atoms with Crippen molar-refractivity contribution in [3.63, 3.8) is 0 Å².